The highest BCUT2D eigenvalue weighted by Gasteiger charge is 2.21. The SMILES string of the molecule is CCc1nc2c(C)cc(C)nc2n1Cc1ccc2c(c1)CCc1ccccc1N2CC#N. The minimum Gasteiger partial charge on any atom is -0.327 e. The molecule has 0 aliphatic carbocycles. The number of benzene rings is 2. The lowest BCUT2D eigenvalue weighted by Gasteiger charge is -2.24. The van der Waals surface area contributed by atoms with E-state index in [2.05, 4.69) is 77.9 Å². The molecular weight excluding hydrogens is 394 g/mol. The minimum atomic E-state index is 0.345. The van der Waals surface area contributed by atoms with E-state index in [0.717, 1.165) is 59.9 Å². The number of anilines is 2. The Bertz CT molecular complexity index is 1360. The molecule has 160 valence electrons. The van der Waals surface area contributed by atoms with Crippen LogP contribution in [0.5, 0.6) is 0 Å². The van der Waals surface area contributed by atoms with Gasteiger partial charge in [-0.3, -0.25) is 0 Å². The van der Waals surface area contributed by atoms with Crippen LogP contribution in [0, 0.1) is 25.2 Å². The second-order valence-corrected chi connectivity index (χ2v) is 8.56. The Labute approximate surface area is 189 Å². The average Bonchev–Trinajstić information content (AvgIpc) is 3.06. The van der Waals surface area contributed by atoms with Gasteiger partial charge in [0.2, 0.25) is 0 Å². The van der Waals surface area contributed by atoms with Gasteiger partial charge in [-0.05, 0) is 67.1 Å². The van der Waals surface area contributed by atoms with Gasteiger partial charge >= 0.3 is 0 Å². The Morgan fingerprint density at radius 2 is 1.75 bits per heavy atom. The molecule has 0 spiro atoms. The molecule has 5 nitrogen and oxygen atoms in total. The first kappa shape index (κ1) is 20.3. The van der Waals surface area contributed by atoms with Crippen LogP contribution in [-0.4, -0.2) is 21.1 Å². The summed E-state index contributed by atoms with van der Waals surface area (Å²) in [7, 11) is 0. The van der Waals surface area contributed by atoms with E-state index in [-0.39, 0.29) is 0 Å². The lowest BCUT2D eigenvalue weighted by atomic mass is 10.0. The van der Waals surface area contributed by atoms with E-state index < -0.39 is 0 Å². The summed E-state index contributed by atoms with van der Waals surface area (Å²) in [6, 6.07) is 19.5. The molecule has 1 aliphatic rings. The van der Waals surface area contributed by atoms with Gasteiger partial charge in [0.25, 0.3) is 0 Å². The quantitative estimate of drug-likeness (QED) is 0.413. The van der Waals surface area contributed by atoms with Crippen molar-refractivity contribution in [2.24, 2.45) is 0 Å². The number of pyridine rings is 1. The average molecular weight is 422 g/mol. The van der Waals surface area contributed by atoms with Gasteiger partial charge in [-0.25, -0.2) is 9.97 Å². The Hall–Kier alpha value is -3.65. The van der Waals surface area contributed by atoms with Gasteiger partial charge in [0.05, 0.1) is 12.6 Å². The molecule has 1 aliphatic heterocycles. The number of nitriles is 1. The molecule has 0 unspecified atom stereocenters. The maximum absolute atomic E-state index is 9.48. The van der Waals surface area contributed by atoms with E-state index in [1.807, 2.05) is 6.92 Å². The van der Waals surface area contributed by atoms with Crippen LogP contribution in [-0.2, 0) is 25.8 Å². The van der Waals surface area contributed by atoms with Crippen LogP contribution in [0.4, 0.5) is 11.4 Å². The Morgan fingerprint density at radius 1 is 0.969 bits per heavy atom. The van der Waals surface area contributed by atoms with Crippen molar-refractivity contribution in [3.05, 3.63) is 82.3 Å². The number of imidazole rings is 1. The second-order valence-electron chi connectivity index (χ2n) is 8.56. The predicted octanol–water partition coefficient (Wildman–Crippen LogP) is 5.42. The summed E-state index contributed by atoms with van der Waals surface area (Å²) in [5.41, 5.74) is 10.3. The number of hydrogen-bond donors (Lipinski definition) is 0. The van der Waals surface area contributed by atoms with E-state index >= 15 is 0 Å². The zero-order chi connectivity index (χ0) is 22.2. The summed E-state index contributed by atoms with van der Waals surface area (Å²) in [6.45, 7) is 7.39. The molecule has 2 aromatic carbocycles. The van der Waals surface area contributed by atoms with Crippen LogP contribution in [0.2, 0.25) is 0 Å². The maximum atomic E-state index is 9.48. The van der Waals surface area contributed by atoms with E-state index in [4.69, 9.17) is 9.97 Å². The second kappa shape index (κ2) is 8.12. The fourth-order valence-electron chi connectivity index (χ4n) is 4.89. The van der Waals surface area contributed by atoms with E-state index in [1.54, 1.807) is 0 Å². The van der Waals surface area contributed by atoms with Gasteiger partial charge < -0.3 is 9.47 Å². The van der Waals surface area contributed by atoms with Gasteiger partial charge in [0.1, 0.15) is 17.9 Å². The third-order valence-corrected chi connectivity index (χ3v) is 6.37. The largest absolute Gasteiger partial charge is 0.327 e. The Balaban J connectivity index is 1.57. The van der Waals surface area contributed by atoms with Crippen molar-refractivity contribution in [3.63, 3.8) is 0 Å². The molecule has 5 heteroatoms. The highest BCUT2D eigenvalue weighted by atomic mass is 15.1. The number of aryl methyl sites for hydroxylation is 5. The highest BCUT2D eigenvalue weighted by molar-refractivity contribution is 5.76. The molecule has 3 heterocycles. The summed E-state index contributed by atoms with van der Waals surface area (Å²) in [5, 5.41) is 9.48. The van der Waals surface area contributed by atoms with Gasteiger partial charge in [-0.1, -0.05) is 37.3 Å². The van der Waals surface area contributed by atoms with Gasteiger partial charge in [-0.15, -0.1) is 0 Å². The van der Waals surface area contributed by atoms with Crippen molar-refractivity contribution in [1.29, 1.82) is 5.26 Å². The molecular formula is C27H27N5. The van der Waals surface area contributed by atoms with Crippen LogP contribution in [0.1, 0.15) is 40.7 Å². The number of para-hydroxylation sites is 1. The van der Waals surface area contributed by atoms with Crippen molar-refractivity contribution < 1.29 is 0 Å². The molecule has 4 aromatic rings. The molecule has 5 rings (SSSR count). The van der Waals surface area contributed by atoms with Crippen LogP contribution in [0.25, 0.3) is 11.2 Å². The number of nitrogens with zero attached hydrogens (tertiary/aromatic N) is 5. The summed E-state index contributed by atoms with van der Waals surface area (Å²) in [4.78, 5) is 11.9. The molecule has 0 fully saturated rings. The first-order chi connectivity index (χ1) is 15.6. The minimum absolute atomic E-state index is 0.345. The molecule has 0 saturated carbocycles. The van der Waals surface area contributed by atoms with E-state index in [1.165, 1.54) is 22.3 Å². The molecule has 0 atom stereocenters. The number of hydrogen-bond acceptors (Lipinski definition) is 4. The third kappa shape index (κ3) is 3.42. The summed E-state index contributed by atoms with van der Waals surface area (Å²) in [6.07, 6.45) is 2.80. The number of aromatic nitrogens is 3. The van der Waals surface area contributed by atoms with Crippen LogP contribution in [0.15, 0.2) is 48.5 Å². The molecule has 0 amide bonds. The smallest absolute Gasteiger partial charge is 0.160 e. The maximum Gasteiger partial charge on any atom is 0.160 e. The van der Waals surface area contributed by atoms with Crippen LogP contribution >= 0.6 is 0 Å². The summed E-state index contributed by atoms with van der Waals surface area (Å²) < 4.78 is 2.26. The fourth-order valence-corrected chi connectivity index (χ4v) is 4.89. The van der Waals surface area contributed by atoms with E-state index in [0.29, 0.717) is 6.54 Å². The van der Waals surface area contributed by atoms with Crippen molar-refractivity contribution in [1.82, 2.24) is 14.5 Å². The normalized spacial score (nSPS) is 12.9. The highest BCUT2D eigenvalue weighted by Crippen LogP contribution is 2.36. The third-order valence-electron chi connectivity index (χ3n) is 6.37. The van der Waals surface area contributed by atoms with Crippen molar-refractivity contribution in [2.45, 2.75) is 46.6 Å². The summed E-state index contributed by atoms with van der Waals surface area (Å²) in [5.74, 6) is 1.06. The van der Waals surface area contributed by atoms with Crippen molar-refractivity contribution in [3.8, 4) is 6.07 Å². The van der Waals surface area contributed by atoms with Gasteiger partial charge in [0.15, 0.2) is 5.65 Å². The van der Waals surface area contributed by atoms with Gasteiger partial charge in [-0.2, -0.15) is 5.26 Å². The zero-order valence-electron chi connectivity index (χ0n) is 18.9. The molecule has 32 heavy (non-hydrogen) atoms. The monoisotopic (exact) mass is 421 g/mol. The van der Waals surface area contributed by atoms with E-state index in [9.17, 15) is 5.26 Å². The number of rotatable bonds is 4. The number of fused-ring (bicyclic) bond motifs is 3. The first-order valence-electron chi connectivity index (χ1n) is 11.3. The first-order valence-corrected chi connectivity index (χ1v) is 11.3. The summed E-state index contributed by atoms with van der Waals surface area (Å²) >= 11 is 0. The van der Waals surface area contributed by atoms with Crippen LogP contribution in [0.3, 0.4) is 0 Å². The van der Waals surface area contributed by atoms with Crippen molar-refractivity contribution >= 4 is 22.5 Å². The Morgan fingerprint density at radius 3 is 2.56 bits per heavy atom. The molecule has 0 saturated heterocycles. The lowest BCUT2D eigenvalue weighted by molar-refractivity contribution is 0.744. The predicted molar refractivity (Wildman–Crippen MR) is 128 cm³/mol. The fraction of sp³-hybridized carbons (Fsp3) is 0.296. The zero-order valence-corrected chi connectivity index (χ0v) is 18.9. The molecule has 2 aromatic heterocycles. The Kier molecular flexibility index (Phi) is 5.14. The van der Waals surface area contributed by atoms with Crippen LogP contribution < -0.4 is 4.90 Å². The molecule has 0 radical (unpaired) electrons. The van der Waals surface area contributed by atoms with Crippen molar-refractivity contribution in [2.75, 3.05) is 11.4 Å². The molecule has 0 bridgehead atoms. The molecule has 0 N–H and O–H groups in total. The van der Waals surface area contributed by atoms with Gasteiger partial charge in [0, 0.05) is 23.5 Å². The topological polar surface area (TPSA) is 57.7 Å². The lowest BCUT2D eigenvalue weighted by Crippen LogP contribution is -2.18. The standard InChI is InChI=1S/C27H27N5/c1-4-25-30-26-18(2)15-19(3)29-27(26)32(25)17-20-9-12-24-22(16-20)11-10-21-7-5-6-8-23(21)31(24)14-13-28/h5-9,12,15-16H,4,10-11,14,17H2,1-3H3.